The van der Waals surface area contributed by atoms with E-state index < -0.39 is 9.84 Å². The highest BCUT2D eigenvalue weighted by molar-refractivity contribution is 7.90. The number of benzene rings is 1. The lowest BCUT2D eigenvalue weighted by molar-refractivity contribution is 0.0989. The van der Waals surface area contributed by atoms with Gasteiger partial charge in [0, 0.05) is 18.5 Å². The molecular weight excluding hydrogens is 306 g/mol. The van der Waals surface area contributed by atoms with Crippen LogP contribution in [0.3, 0.4) is 0 Å². The van der Waals surface area contributed by atoms with Crippen LogP contribution in [0.4, 0.5) is 5.69 Å². The van der Waals surface area contributed by atoms with Gasteiger partial charge in [0.15, 0.2) is 9.84 Å². The molecule has 1 aliphatic heterocycles. The van der Waals surface area contributed by atoms with Crippen LogP contribution in [0.5, 0.6) is 0 Å². The first-order valence-electron chi connectivity index (χ1n) is 6.65. The van der Waals surface area contributed by atoms with Crippen molar-refractivity contribution in [1.29, 1.82) is 0 Å². The fourth-order valence-corrected chi connectivity index (χ4v) is 3.84. The maximum Gasteiger partial charge on any atom is 0.268 e. The fraction of sp³-hybridized carbons (Fsp3) is 0.267. The highest BCUT2D eigenvalue weighted by Gasteiger charge is 2.25. The molecule has 1 aromatic carbocycles. The van der Waals surface area contributed by atoms with Crippen LogP contribution in [0.25, 0.3) is 0 Å². The number of aryl methyl sites for hydroxylation is 1. The monoisotopic (exact) mass is 321 g/mol. The molecule has 0 unspecified atom stereocenters. The Balaban J connectivity index is 2.06. The van der Waals surface area contributed by atoms with E-state index >= 15 is 0 Å². The molecular formula is C15H15NO3S2. The minimum absolute atomic E-state index is 0.0587. The Kier molecular flexibility index (Phi) is 3.59. The Bertz CT molecular complexity index is 779. The van der Waals surface area contributed by atoms with Gasteiger partial charge in [-0.1, -0.05) is 12.1 Å². The molecule has 0 saturated heterocycles. The van der Waals surface area contributed by atoms with E-state index in [1.54, 1.807) is 23.1 Å². The first-order chi connectivity index (χ1) is 9.97. The van der Waals surface area contributed by atoms with Gasteiger partial charge in [-0.2, -0.15) is 0 Å². The SMILES string of the molecule is CS(=O)(=O)c1ccc2c(c1)N(C(=O)c1cccs1)CCC2. The Morgan fingerprint density at radius 3 is 2.76 bits per heavy atom. The summed E-state index contributed by atoms with van der Waals surface area (Å²) in [4.78, 5) is 15.2. The average Bonchev–Trinajstić information content (AvgIpc) is 2.98. The lowest BCUT2D eigenvalue weighted by Crippen LogP contribution is -2.35. The maximum atomic E-state index is 12.6. The second kappa shape index (κ2) is 5.27. The van der Waals surface area contributed by atoms with E-state index in [1.165, 1.54) is 17.6 Å². The van der Waals surface area contributed by atoms with E-state index in [0.29, 0.717) is 11.4 Å². The van der Waals surface area contributed by atoms with Gasteiger partial charge in [0.25, 0.3) is 5.91 Å². The maximum absolute atomic E-state index is 12.6. The molecule has 0 N–H and O–H groups in total. The van der Waals surface area contributed by atoms with Crippen molar-refractivity contribution in [2.24, 2.45) is 0 Å². The summed E-state index contributed by atoms with van der Waals surface area (Å²) >= 11 is 1.40. The molecule has 0 fully saturated rings. The molecule has 110 valence electrons. The molecule has 1 aromatic heterocycles. The number of sulfone groups is 1. The third-order valence-electron chi connectivity index (χ3n) is 3.58. The lowest BCUT2D eigenvalue weighted by Gasteiger charge is -2.29. The predicted octanol–water partition coefficient (Wildman–Crippen LogP) is 2.74. The second-order valence-corrected chi connectivity index (χ2v) is 8.06. The van der Waals surface area contributed by atoms with Crippen molar-refractivity contribution < 1.29 is 13.2 Å². The topological polar surface area (TPSA) is 54.5 Å². The molecule has 4 nitrogen and oxygen atoms in total. The Morgan fingerprint density at radius 2 is 2.10 bits per heavy atom. The zero-order valence-corrected chi connectivity index (χ0v) is 13.2. The standard InChI is InChI=1S/C15H15NO3S2/c1-21(18,19)12-7-6-11-4-2-8-16(13(11)10-12)15(17)14-5-3-9-20-14/h3,5-7,9-10H,2,4,8H2,1H3. The first kappa shape index (κ1) is 14.3. The Labute approximate surface area is 127 Å². The van der Waals surface area contributed by atoms with E-state index in [9.17, 15) is 13.2 Å². The minimum Gasteiger partial charge on any atom is -0.307 e. The van der Waals surface area contributed by atoms with Crippen molar-refractivity contribution in [1.82, 2.24) is 0 Å². The van der Waals surface area contributed by atoms with Crippen molar-refractivity contribution in [3.8, 4) is 0 Å². The van der Waals surface area contributed by atoms with Crippen molar-refractivity contribution >= 4 is 32.8 Å². The molecule has 2 aromatic rings. The zero-order chi connectivity index (χ0) is 15.0. The highest BCUT2D eigenvalue weighted by Crippen LogP contribution is 2.31. The van der Waals surface area contributed by atoms with Crippen LogP contribution in [0, 0.1) is 0 Å². The fourth-order valence-electron chi connectivity index (χ4n) is 2.53. The lowest BCUT2D eigenvalue weighted by atomic mass is 10.0. The van der Waals surface area contributed by atoms with Gasteiger partial charge in [-0.25, -0.2) is 8.42 Å². The number of hydrogen-bond donors (Lipinski definition) is 0. The average molecular weight is 321 g/mol. The van der Waals surface area contributed by atoms with Gasteiger partial charge < -0.3 is 4.90 Å². The number of carbonyl (C=O) groups excluding carboxylic acids is 1. The summed E-state index contributed by atoms with van der Waals surface area (Å²) < 4.78 is 23.4. The van der Waals surface area contributed by atoms with Crippen LogP contribution in [0.1, 0.15) is 21.7 Å². The van der Waals surface area contributed by atoms with Gasteiger partial charge in [0.2, 0.25) is 0 Å². The molecule has 21 heavy (non-hydrogen) atoms. The first-order valence-corrected chi connectivity index (χ1v) is 9.42. The van der Waals surface area contributed by atoms with Crippen LogP contribution in [-0.2, 0) is 16.3 Å². The van der Waals surface area contributed by atoms with Gasteiger partial charge in [0.05, 0.1) is 9.77 Å². The third-order valence-corrected chi connectivity index (χ3v) is 5.55. The molecule has 0 radical (unpaired) electrons. The van der Waals surface area contributed by atoms with Crippen LogP contribution < -0.4 is 4.90 Å². The van der Waals surface area contributed by atoms with Gasteiger partial charge in [-0.15, -0.1) is 11.3 Å². The summed E-state index contributed by atoms with van der Waals surface area (Å²) in [6.07, 6.45) is 2.94. The molecule has 0 spiro atoms. The molecule has 2 heterocycles. The van der Waals surface area contributed by atoms with Crippen molar-refractivity contribution in [3.63, 3.8) is 0 Å². The summed E-state index contributed by atoms with van der Waals surface area (Å²) in [5.74, 6) is -0.0587. The van der Waals surface area contributed by atoms with E-state index in [-0.39, 0.29) is 10.8 Å². The van der Waals surface area contributed by atoms with Crippen molar-refractivity contribution in [2.75, 3.05) is 17.7 Å². The molecule has 0 aliphatic carbocycles. The smallest absolute Gasteiger partial charge is 0.268 e. The van der Waals surface area contributed by atoms with Crippen LogP contribution in [-0.4, -0.2) is 27.1 Å². The highest BCUT2D eigenvalue weighted by atomic mass is 32.2. The predicted molar refractivity (Wildman–Crippen MR) is 83.9 cm³/mol. The Morgan fingerprint density at radius 1 is 1.29 bits per heavy atom. The van der Waals surface area contributed by atoms with Gasteiger partial charge in [-0.3, -0.25) is 4.79 Å². The number of fused-ring (bicyclic) bond motifs is 1. The number of thiophene rings is 1. The summed E-state index contributed by atoms with van der Waals surface area (Å²) in [7, 11) is -3.27. The minimum atomic E-state index is -3.27. The Hall–Kier alpha value is -1.66. The van der Waals surface area contributed by atoms with Gasteiger partial charge in [-0.05, 0) is 42.0 Å². The number of anilines is 1. The van der Waals surface area contributed by atoms with Crippen molar-refractivity contribution in [3.05, 3.63) is 46.2 Å². The number of hydrogen-bond acceptors (Lipinski definition) is 4. The largest absolute Gasteiger partial charge is 0.307 e. The number of rotatable bonds is 2. The number of carbonyl (C=O) groups is 1. The van der Waals surface area contributed by atoms with Crippen LogP contribution >= 0.6 is 11.3 Å². The molecule has 6 heteroatoms. The van der Waals surface area contributed by atoms with Gasteiger partial charge in [0.1, 0.15) is 0 Å². The van der Waals surface area contributed by atoms with Crippen LogP contribution in [0.15, 0.2) is 40.6 Å². The molecule has 0 bridgehead atoms. The number of nitrogens with zero attached hydrogens (tertiary/aromatic N) is 1. The van der Waals surface area contributed by atoms with Crippen LogP contribution in [0.2, 0.25) is 0 Å². The summed E-state index contributed by atoms with van der Waals surface area (Å²) in [5, 5.41) is 1.87. The quantitative estimate of drug-likeness (QED) is 0.854. The molecule has 0 atom stereocenters. The molecule has 0 saturated carbocycles. The summed E-state index contributed by atoms with van der Waals surface area (Å²) in [6.45, 7) is 0.622. The van der Waals surface area contributed by atoms with Gasteiger partial charge >= 0.3 is 0 Å². The molecule has 3 rings (SSSR count). The second-order valence-electron chi connectivity index (χ2n) is 5.10. The van der Waals surface area contributed by atoms with E-state index in [4.69, 9.17) is 0 Å². The molecule has 1 amide bonds. The number of amides is 1. The third kappa shape index (κ3) is 2.73. The van der Waals surface area contributed by atoms with Crippen molar-refractivity contribution in [2.45, 2.75) is 17.7 Å². The normalized spacial score (nSPS) is 14.8. The van der Waals surface area contributed by atoms with E-state index in [2.05, 4.69) is 0 Å². The summed E-state index contributed by atoms with van der Waals surface area (Å²) in [5.41, 5.74) is 1.75. The van der Waals surface area contributed by atoms with E-state index in [0.717, 1.165) is 24.1 Å². The zero-order valence-electron chi connectivity index (χ0n) is 11.6. The summed E-state index contributed by atoms with van der Waals surface area (Å²) in [6, 6.07) is 8.69. The van der Waals surface area contributed by atoms with E-state index in [1.807, 2.05) is 17.5 Å². The molecule has 1 aliphatic rings.